The van der Waals surface area contributed by atoms with Crippen LogP contribution in [0.4, 0.5) is 0 Å². The van der Waals surface area contributed by atoms with E-state index in [4.69, 9.17) is 0 Å². The summed E-state index contributed by atoms with van der Waals surface area (Å²) >= 11 is 0. The van der Waals surface area contributed by atoms with E-state index in [0.29, 0.717) is 0 Å². The van der Waals surface area contributed by atoms with Gasteiger partial charge in [0.2, 0.25) is 0 Å². The molecule has 5 aromatic carbocycles. The minimum absolute atomic E-state index is 0. The van der Waals surface area contributed by atoms with Crippen LogP contribution in [0.3, 0.4) is 0 Å². The van der Waals surface area contributed by atoms with Crippen LogP contribution in [0, 0.1) is 6.07 Å². The van der Waals surface area contributed by atoms with Gasteiger partial charge in [-0.2, -0.15) is 0 Å². The SMILES string of the molecule is CC(C)(C)c1ccc2c(c1)c1cc3c4ccccc4n(-c4cc[c-]c(-c5ccccn5)c4)c3cc1n2-c1ccccc1.[Ir]. The Kier molecular flexibility index (Phi) is 6.58. The maximum Gasteiger partial charge on any atom is 0.0562 e. The summed E-state index contributed by atoms with van der Waals surface area (Å²) < 4.78 is 4.80. The Bertz CT molecular complexity index is 2270. The monoisotopic (exact) mass is 733 g/mol. The van der Waals surface area contributed by atoms with Crippen molar-refractivity contribution < 1.29 is 20.1 Å². The average Bonchev–Trinajstić information content (AvgIpc) is 3.52. The third-order valence-corrected chi connectivity index (χ3v) is 8.42. The number of nitrogens with zero attached hydrogens (tertiary/aromatic N) is 3. The molecule has 0 saturated heterocycles. The topological polar surface area (TPSA) is 22.8 Å². The Morgan fingerprint density at radius 2 is 1.23 bits per heavy atom. The second kappa shape index (κ2) is 10.3. The number of rotatable bonds is 3. The fourth-order valence-electron chi connectivity index (χ4n) is 6.34. The molecule has 1 radical (unpaired) electrons. The van der Waals surface area contributed by atoms with E-state index in [0.717, 1.165) is 22.6 Å². The van der Waals surface area contributed by atoms with Gasteiger partial charge in [0.1, 0.15) is 0 Å². The van der Waals surface area contributed by atoms with Crippen molar-refractivity contribution in [3.63, 3.8) is 0 Å². The number of pyridine rings is 1. The van der Waals surface area contributed by atoms with Crippen molar-refractivity contribution in [1.82, 2.24) is 14.1 Å². The summed E-state index contributed by atoms with van der Waals surface area (Å²) in [7, 11) is 0. The molecule has 0 N–H and O–H groups in total. The molecule has 4 heteroatoms. The van der Waals surface area contributed by atoms with Crippen molar-refractivity contribution >= 4 is 43.6 Å². The average molecular weight is 733 g/mol. The number of fused-ring (bicyclic) bond motifs is 6. The van der Waals surface area contributed by atoms with Gasteiger partial charge in [0.15, 0.2) is 0 Å². The van der Waals surface area contributed by atoms with Crippen LogP contribution < -0.4 is 0 Å². The van der Waals surface area contributed by atoms with Gasteiger partial charge in [-0.3, -0.25) is 0 Å². The second-order valence-electron chi connectivity index (χ2n) is 12.1. The van der Waals surface area contributed by atoms with E-state index in [9.17, 15) is 0 Å². The van der Waals surface area contributed by atoms with Crippen LogP contribution >= 0.6 is 0 Å². The fourth-order valence-corrected chi connectivity index (χ4v) is 6.34. The van der Waals surface area contributed by atoms with Crippen LogP contribution in [0.25, 0.3) is 66.2 Å². The van der Waals surface area contributed by atoms with E-state index >= 15 is 0 Å². The molecule has 43 heavy (non-hydrogen) atoms. The summed E-state index contributed by atoms with van der Waals surface area (Å²) in [4.78, 5) is 4.59. The number of para-hydroxylation sites is 2. The first-order valence-corrected chi connectivity index (χ1v) is 14.5. The van der Waals surface area contributed by atoms with Crippen LogP contribution in [-0.4, -0.2) is 14.1 Å². The van der Waals surface area contributed by atoms with Crippen LogP contribution in [0.1, 0.15) is 26.3 Å². The van der Waals surface area contributed by atoms with E-state index in [-0.39, 0.29) is 25.5 Å². The molecule has 3 nitrogen and oxygen atoms in total. The number of hydrogen-bond acceptors (Lipinski definition) is 1. The van der Waals surface area contributed by atoms with E-state index in [2.05, 4.69) is 138 Å². The standard InChI is InChI=1S/C39H30N3.Ir/c1-39(2,3)27-19-20-36-31(23-27)33-24-32-30-16-7-8-18-35(30)42(29-15-11-12-26(22-29)34-17-9-10-21-40-34)37(32)25-38(33)41(36)28-13-5-4-6-14-28;/h4-11,13-25H,1-3H3;/q-1;. The maximum atomic E-state index is 4.59. The summed E-state index contributed by atoms with van der Waals surface area (Å²) in [5.74, 6) is 0. The van der Waals surface area contributed by atoms with Crippen LogP contribution in [0.15, 0.2) is 128 Å². The largest absolute Gasteiger partial charge is 0.327 e. The van der Waals surface area contributed by atoms with Crippen LogP contribution in [-0.2, 0) is 25.5 Å². The van der Waals surface area contributed by atoms with Gasteiger partial charge in [-0.25, -0.2) is 0 Å². The van der Waals surface area contributed by atoms with E-state index in [1.165, 1.54) is 49.2 Å². The van der Waals surface area contributed by atoms with Crippen molar-refractivity contribution in [2.75, 3.05) is 0 Å². The quantitative estimate of drug-likeness (QED) is 0.166. The Morgan fingerprint density at radius 1 is 0.558 bits per heavy atom. The Morgan fingerprint density at radius 3 is 2.00 bits per heavy atom. The first-order valence-electron chi connectivity index (χ1n) is 14.5. The molecule has 8 aromatic rings. The molecule has 0 atom stereocenters. The van der Waals surface area contributed by atoms with Gasteiger partial charge < -0.3 is 14.1 Å². The van der Waals surface area contributed by atoms with Gasteiger partial charge in [0.25, 0.3) is 0 Å². The number of aromatic nitrogens is 3. The predicted octanol–water partition coefficient (Wildman–Crippen LogP) is 10.0. The third kappa shape index (κ3) is 4.41. The van der Waals surface area contributed by atoms with Crippen molar-refractivity contribution in [2.24, 2.45) is 0 Å². The molecule has 0 bridgehead atoms. The molecule has 0 spiro atoms. The van der Waals surface area contributed by atoms with Gasteiger partial charge in [0, 0.05) is 53.5 Å². The zero-order valence-electron chi connectivity index (χ0n) is 24.3. The molecule has 3 heterocycles. The molecule has 8 rings (SSSR count). The van der Waals surface area contributed by atoms with Gasteiger partial charge >= 0.3 is 0 Å². The second-order valence-corrected chi connectivity index (χ2v) is 12.1. The minimum atomic E-state index is 0. The van der Waals surface area contributed by atoms with Gasteiger partial charge in [0.05, 0.1) is 22.1 Å². The molecule has 0 aliphatic heterocycles. The Hall–Kier alpha value is -4.50. The summed E-state index contributed by atoms with van der Waals surface area (Å²) in [6, 6.07) is 47.0. The fraction of sp³-hybridized carbons (Fsp3) is 0.103. The molecular weight excluding hydrogens is 703 g/mol. The van der Waals surface area contributed by atoms with Gasteiger partial charge in [-0.1, -0.05) is 75.4 Å². The first kappa shape index (κ1) is 27.3. The molecular formula is C39H30IrN3-. The van der Waals surface area contributed by atoms with Gasteiger partial charge in [-0.15, -0.1) is 29.8 Å². The molecule has 3 aromatic heterocycles. The number of benzene rings is 5. The van der Waals surface area contributed by atoms with Crippen molar-refractivity contribution in [3.8, 4) is 22.6 Å². The maximum absolute atomic E-state index is 4.59. The molecule has 0 aliphatic carbocycles. The van der Waals surface area contributed by atoms with Crippen molar-refractivity contribution in [3.05, 3.63) is 139 Å². The van der Waals surface area contributed by atoms with Gasteiger partial charge in [-0.05, 0) is 70.9 Å². The third-order valence-electron chi connectivity index (χ3n) is 8.42. The first-order chi connectivity index (χ1) is 20.5. The summed E-state index contributed by atoms with van der Waals surface area (Å²) in [6.45, 7) is 6.85. The molecule has 0 fully saturated rings. The smallest absolute Gasteiger partial charge is 0.0562 e. The molecule has 0 unspecified atom stereocenters. The van der Waals surface area contributed by atoms with Crippen LogP contribution in [0.5, 0.6) is 0 Å². The molecule has 0 aliphatic rings. The molecule has 0 amide bonds. The zero-order chi connectivity index (χ0) is 28.4. The zero-order valence-corrected chi connectivity index (χ0v) is 26.7. The normalized spacial score (nSPS) is 11.9. The minimum Gasteiger partial charge on any atom is -0.327 e. The van der Waals surface area contributed by atoms with Crippen molar-refractivity contribution in [1.29, 1.82) is 0 Å². The Balaban J connectivity index is 0.00000300. The Labute approximate surface area is 264 Å². The van der Waals surface area contributed by atoms with E-state index in [1.54, 1.807) is 0 Å². The van der Waals surface area contributed by atoms with E-state index < -0.39 is 0 Å². The number of hydrogen-bond donors (Lipinski definition) is 0. The summed E-state index contributed by atoms with van der Waals surface area (Å²) in [5.41, 5.74) is 10.3. The molecule has 211 valence electrons. The summed E-state index contributed by atoms with van der Waals surface area (Å²) in [5, 5.41) is 5.05. The van der Waals surface area contributed by atoms with E-state index in [1.807, 2.05) is 30.5 Å². The van der Waals surface area contributed by atoms with Crippen molar-refractivity contribution in [2.45, 2.75) is 26.2 Å². The van der Waals surface area contributed by atoms with Crippen LogP contribution in [0.2, 0.25) is 0 Å². The molecule has 0 saturated carbocycles. The summed E-state index contributed by atoms with van der Waals surface area (Å²) in [6.07, 6.45) is 1.83. The predicted molar refractivity (Wildman–Crippen MR) is 176 cm³/mol.